The summed E-state index contributed by atoms with van der Waals surface area (Å²) in [6.45, 7) is 2.71. The molecule has 0 radical (unpaired) electrons. The standard InChI is InChI=1S/C8H8O5/c1-3(6(9)10)5-4(2)7(11)13-8(5)12/h4H,1-2H3,(H,9,10)/b5-3-. The number of carboxylic acids is 1. The monoisotopic (exact) mass is 184 g/mol. The maximum atomic E-state index is 11.0. The van der Waals surface area contributed by atoms with Crippen molar-refractivity contribution in [1.29, 1.82) is 0 Å². The van der Waals surface area contributed by atoms with E-state index in [4.69, 9.17) is 5.11 Å². The van der Waals surface area contributed by atoms with E-state index >= 15 is 0 Å². The highest BCUT2D eigenvalue weighted by atomic mass is 16.6. The van der Waals surface area contributed by atoms with Gasteiger partial charge in [0.05, 0.1) is 11.5 Å². The highest BCUT2D eigenvalue weighted by Gasteiger charge is 2.38. The summed E-state index contributed by atoms with van der Waals surface area (Å²) in [5, 5.41) is 8.59. The second-order valence-electron chi connectivity index (χ2n) is 2.77. The first-order valence-electron chi connectivity index (χ1n) is 3.65. The first-order valence-corrected chi connectivity index (χ1v) is 3.65. The van der Waals surface area contributed by atoms with Gasteiger partial charge in [0, 0.05) is 5.57 Å². The van der Waals surface area contributed by atoms with Crippen LogP contribution in [0.15, 0.2) is 11.1 Å². The van der Waals surface area contributed by atoms with Gasteiger partial charge in [-0.25, -0.2) is 9.59 Å². The predicted octanol–water partition coefficient (Wildman–Crippen LogP) is 0.107. The molecule has 1 saturated heterocycles. The van der Waals surface area contributed by atoms with E-state index in [0.29, 0.717) is 0 Å². The Balaban J connectivity index is 3.18. The number of aliphatic carboxylic acids is 1. The number of esters is 2. The number of hydrogen-bond donors (Lipinski definition) is 1. The van der Waals surface area contributed by atoms with E-state index in [1.165, 1.54) is 13.8 Å². The van der Waals surface area contributed by atoms with Gasteiger partial charge in [-0.2, -0.15) is 0 Å². The van der Waals surface area contributed by atoms with Crippen LogP contribution in [0, 0.1) is 5.92 Å². The molecule has 1 aliphatic heterocycles. The van der Waals surface area contributed by atoms with Crippen LogP contribution < -0.4 is 0 Å². The third-order valence-electron chi connectivity index (χ3n) is 1.92. The smallest absolute Gasteiger partial charge is 0.343 e. The molecule has 5 nitrogen and oxygen atoms in total. The zero-order valence-electron chi connectivity index (χ0n) is 7.16. The minimum atomic E-state index is -1.21. The maximum absolute atomic E-state index is 11.0. The van der Waals surface area contributed by atoms with Crippen molar-refractivity contribution >= 4 is 17.9 Å². The molecule has 0 amide bonds. The summed E-state index contributed by atoms with van der Waals surface area (Å²) in [5.41, 5.74) is -0.194. The van der Waals surface area contributed by atoms with Crippen LogP contribution in [-0.2, 0) is 19.1 Å². The lowest BCUT2D eigenvalue weighted by atomic mass is 9.99. The van der Waals surface area contributed by atoms with E-state index in [1.54, 1.807) is 0 Å². The van der Waals surface area contributed by atoms with Gasteiger partial charge in [-0.3, -0.25) is 4.79 Å². The van der Waals surface area contributed by atoms with Crippen molar-refractivity contribution in [2.75, 3.05) is 0 Å². The van der Waals surface area contributed by atoms with Gasteiger partial charge < -0.3 is 9.84 Å². The van der Waals surface area contributed by atoms with Crippen molar-refractivity contribution in [3.63, 3.8) is 0 Å². The quantitative estimate of drug-likeness (QED) is 0.355. The van der Waals surface area contributed by atoms with Crippen molar-refractivity contribution in [2.45, 2.75) is 13.8 Å². The van der Waals surface area contributed by atoms with Crippen molar-refractivity contribution in [2.24, 2.45) is 5.92 Å². The summed E-state index contributed by atoms with van der Waals surface area (Å²) in [6.07, 6.45) is 0. The molecule has 5 heteroatoms. The summed E-state index contributed by atoms with van der Waals surface area (Å²) < 4.78 is 4.26. The first-order chi connectivity index (χ1) is 5.95. The van der Waals surface area contributed by atoms with E-state index in [9.17, 15) is 14.4 Å². The normalized spacial score (nSPS) is 25.8. The van der Waals surface area contributed by atoms with Crippen LogP contribution in [0.5, 0.6) is 0 Å². The van der Waals surface area contributed by atoms with Gasteiger partial charge in [-0.05, 0) is 13.8 Å². The fourth-order valence-electron chi connectivity index (χ4n) is 1.12. The molecule has 1 unspecified atom stereocenters. The van der Waals surface area contributed by atoms with E-state index in [0.717, 1.165) is 0 Å². The summed E-state index contributed by atoms with van der Waals surface area (Å²) in [6, 6.07) is 0. The molecule has 0 aromatic rings. The summed E-state index contributed by atoms with van der Waals surface area (Å²) in [5.74, 6) is -3.53. The lowest BCUT2D eigenvalue weighted by Gasteiger charge is -1.99. The maximum Gasteiger partial charge on any atom is 0.343 e. The molecule has 0 saturated carbocycles. The minimum Gasteiger partial charge on any atom is -0.478 e. The molecule has 1 heterocycles. The Morgan fingerprint density at radius 1 is 1.46 bits per heavy atom. The summed E-state index contributed by atoms with van der Waals surface area (Å²) in [7, 11) is 0. The van der Waals surface area contributed by atoms with Gasteiger partial charge >= 0.3 is 17.9 Å². The molecule has 0 aromatic heterocycles. The van der Waals surface area contributed by atoms with Crippen LogP contribution in [0.4, 0.5) is 0 Å². The Morgan fingerprint density at radius 3 is 2.31 bits per heavy atom. The highest BCUT2D eigenvalue weighted by molar-refractivity contribution is 6.11. The van der Waals surface area contributed by atoms with Crippen LogP contribution in [0.1, 0.15) is 13.8 Å². The van der Waals surface area contributed by atoms with Gasteiger partial charge in [-0.1, -0.05) is 0 Å². The number of carbonyl (C=O) groups excluding carboxylic acids is 2. The molecule has 0 bridgehead atoms. The number of ether oxygens (including phenoxy) is 1. The SMILES string of the molecule is C/C(C(=O)O)=C1/C(=O)OC(=O)C1C. The number of carbonyl (C=O) groups is 3. The Labute approximate surface area is 74.0 Å². The lowest BCUT2D eigenvalue weighted by Crippen LogP contribution is -2.09. The number of carboxylic acid groups (broad SMARTS) is 1. The fourth-order valence-corrected chi connectivity index (χ4v) is 1.12. The third-order valence-corrected chi connectivity index (χ3v) is 1.92. The third kappa shape index (κ3) is 1.44. The summed E-state index contributed by atoms with van der Waals surface area (Å²) in [4.78, 5) is 32.3. The van der Waals surface area contributed by atoms with Gasteiger partial charge in [-0.15, -0.1) is 0 Å². The second kappa shape index (κ2) is 3.01. The summed E-state index contributed by atoms with van der Waals surface area (Å²) >= 11 is 0. The van der Waals surface area contributed by atoms with E-state index in [1.807, 2.05) is 0 Å². The van der Waals surface area contributed by atoms with Crippen molar-refractivity contribution in [3.05, 3.63) is 11.1 Å². The molecule has 1 atom stereocenters. The molecular weight excluding hydrogens is 176 g/mol. The average molecular weight is 184 g/mol. The topological polar surface area (TPSA) is 80.7 Å². The largest absolute Gasteiger partial charge is 0.478 e. The Morgan fingerprint density at radius 2 is 2.00 bits per heavy atom. The molecule has 0 spiro atoms. The second-order valence-corrected chi connectivity index (χ2v) is 2.77. The molecule has 1 N–H and O–H groups in total. The van der Waals surface area contributed by atoms with Crippen molar-refractivity contribution in [1.82, 2.24) is 0 Å². The predicted molar refractivity (Wildman–Crippen MR) is 40.6 cm³/mol. The lowest BCUT2D eigenvalue weighted by molar-refractivity contribution is -0.152. The molecule has 70 valence electrons. The Hall–Kier alpha value is -1.65. The number of hydrogen-bond acceptors (Lipinski definition) is 4. The number of rotatable bonds is 1. The molecule has 1 fully saturated rings. The van der Waals surface area contributed by atoms with E-state index in [-0.39, 0.29) is 11.1 Å². The van der Waals surface area contributed by atoms with Gasteiger partial charge in [0.2, 0.25) is 0 Å². The van der Waals surface area contributed by atoms with E-state index in [2.05, 4.69) is 4.74 Å². The zero-order chi connectivity index (χ0) is 10.2. The fraction of sp³-hybridized carbons (Fsp3) is 0.375. The van der Waals surface area contributed by atoms with Crippen LogP contribution >= 0.6 is 0 Å². The number of cyclic esters (lactones) is 2. The van der Waals surface area contributed by atoms with Crippen LogP contribution in [0.25, 0.3) is 0 Å². The highest BCUT2D eigenvalue weighted by Crippen LogP contribution is 2.25. The van der Waals surface area contributed by atoms with Gasteiger partial charge in [0.25, 0.3) is 0 Å². The van der Waals surface area contributed by atoms with Crippen molar-refractivity contribution in [3.8, 4) is 0 Å². The molecule has 0 aromatic carbocycles. The Kier molecular flexibility index (Phi) is 2.18. The van der Waals surface area contributed by atoms with Gasteiger partial charge in [0.1, 0.15) is 0 Å². The average Bonchev–Trinajstić information content (AvgIpc) is 2.26. The Bertz CT molecular complexity index is 325. The molecule has 1 aliphatic rings. The first kappa shape index (κ1) is 9.44. The zero-order valence-corrected chi connectivity index (χ0v) is 7.16. The van der Waals surface area contributed by atoms with Gasteiger partial charge in [0.15, 0.2) is 0 Å². The van der Waals surface area contributed by atoms with Crippen LogP contribution in [-0.4, -0.2) is 23.0 Å². The van der Waals surface area contributed by atoms with Crippen LogP contribution in [0.3, 0.4) is 0 Å². The van der Waals surface area contributed by atoms with Crippen LogP contribution in [0.2, 0.25) is 0 Å². The molecule has 1 rings (SSSR count). The molecular formula is C8H8O5. The minimum absolute atomic E-state index is 0.0579. The molecule has 13 heavy (non-hydrogen) atoms. The van der Waals surface area contributed by atoms with Crippen molar-refractivity contribution < 1.29 is 24.2 Å². The van der Waals surface area contributed by atoms with E-state index < -0.39 is 23.8 Å². The molecule has 0 aliphatic carbocycles.